The first-order chi connectivity index (χ1) is 16.1. The number of hydrogen-bond donors (Lipinski definition) is 0. The maximum atomic E-state index is 13.1. The Kier molecular flexibility index (Phi) is 5.83. The van der Waals surface area contributed by atoms with Crippen molar-refractivity contribution < 1.29 is 9.59 Å². The van der Waals surface area contributed by atoms with E-state index in [-0.39, 0.29) is 11.1 Å². The van der Waals surface area contributed by atoms with Crippen LogP contribution < -0.4 is 4.90 Å². The fraction of sp³-hybridized carbons (Fsp3) is 0.111. The number of amides is 2. The zero-order valence-electron chi connectivity index (χ0n) is 18.0. The molecule has 0 saturated carbocycles. The van der Waals surface area contributed by atoms with Crippen LogP contribution in [0.3, 0.4) is 0 Å². The van der Waals surface area contributed by atoms with Crippen LogP contribution in [0.2, 0.25) is 5.02 Å². The molecule has 1 aromatic heterocycles. The van der Waals surface area contributed by atoms with Crippen molar-refractivity contribution in [3.63, 3.8) is 0 Å². The van der Waals surface area contributed by atoms with Crippen molar-refractivity contribution in [1.82, 2.24) is 4.57 Å². The number of para-hydroxylation sites is 2. The summed E-state index contributed by atoms with van der Waals surface area (Å²) in [5.74, 6) is -0.296. The number of fused-ring (bicyclic) bond motifs is 1. The van der Waals surface area contributed by atoms with Crippen molar-refractivity contribution in [2.45, 2.75) is 19.9 Å². The highest BCUT2D eigenvalue weighted by molar-refractivity contribution is 8.19. The van der Waals surface area contributed by atoms with Gasteiger partial charge in [0.05, 0.1) is 16.1 Å². The van der Waals surface area contributed by atoms with Crippen LogP contribution in [-0.2, 0) is 17.8 Å². The monoisotopic (exact) mass is 472 g/mol. The molecule has 1 aliphatic rings. The van der Waals surface area contributed by atoms with E-state index >= 15 is 0 Å². The lowest BCUT2D eigenvalue weighted by Gasteiger charge is -2.11. The van der Waals surface area contributed by atoms with Gasteiger partial charge in [-0.25, -0.2) is 4.90 Å². The highest BCUT2D eigenvalue weighted by Gasteiger charge is 2.36. The van der Waals surface area contributed by atoms with Gasteiger partial charge in [0.15, 0.2) is 0 Å². The summed E-state index contributed by atoms with van der Waals surface area (Å²) < 4.78 is 2.18. The van der Waals surface area contributed by atoms with Gasteiger partial charge in [-0.05, 0) is 53.6 Å². The van der Waals surface area contributed by atoms with Gasteiger partial charge >= 0.3 is 0 Å². The van der Waals surface area contributed by atoms with E-state index in [0.29, 0.717) is 17.1 Å². The van der Waals surface area contributed by atoms with Crippen molar-refractivity contribution in [2.75, 3.05) is 4.90 Å². The quantitative estimate of drug-likeness (QED) is 0.290. The van der Waals surface area contributed by atoms with E-state index in [0.717, 1.165) is 45.2 Å². The van der Waals surface area contributed by atoms with E-state index in [1.54, 1.807) is 12.1 Å². The number of hydrogen-bond acceptors (Lipinski definition) is 3. The van der Waals surface area contributed by atoms with E-state index in [9.17, 15) is 9.59 Å². The van der Waals surface area contributed by atoms with E-state index in [4.69, 9.17) is 11.6 Å². The number of carbonyl (C=O) groups is 2. The predicted molar refractivity (Wildman–Crippen MR) is 137 cm³/mol. The first-order valence-electron chi connectivity index (χ1n) is 10.7. The second-order valence-electron chi connectivity index (χ2n) is 7.82. The van der Waals surface area contributed by atoms with Crippen molar-refractivity contribution in [3.8, 4) is 0 Å². The Bertz CT molecular complexity index is 1410. The smallest absolute Gasteiger partial charge is 0.298 e. The van der Waals surface area contributed by atoms with Gasteiger partial charge in [-0.3, -0.25) is 9.59 Å². The maximum Gasteiger partial charge on any atom is 0.298 e. The van der Waals surface area contributed by atoms with Crippen LogP contribution in [-0.4, -0.2) is 15.7 Å². The Morgan fingerprint density at radius 3 is 2.39 bits per heavy atom. The van der Waals surface area contributed by atoms with Crippen molar-refractivity contribution in [2.24, 2.45) is 0 Å². The lowest BCUT2D eigenvalue weighted by Crippen LogP contribution is -2.27. The minimum Gasteiger partial charge on any atom is -0.342 e. The molecular weight excluding hydrogens is 452 g/mol. The van der Waals surface area contributed by atoms with Gasteiger partial charge in [-0.1, -0.05) is 73.1 Å². The Labute approximate surface area is 201 Å². The number of aryl methyl sites for hydroxylation is 1. The Morgan fingerprint density at radius 1 is 0.909 bits per heavy atom. The summed E-state index contributed by atoms with van der Waals surface area (Å²) in [7, 11) is 0. The fourth-order valence-corrected chi connectivity index (χ4v) is 5.24. The molecule has 0 atom stereocenters. The molecule has 0 radical (unpaired) electrons. The lowest BCUT2D eigenvalue weighted by molar-refractivity contribution is -0.113. The van der Waals surface area contributed by atoms with Gasteiger partial charge in [0.25, 0.3) is 11.1 Å². The van der Waals surface area contributed by atoms with Crippen LogP contribution in [0.1, 0.15) is 23.6 Å². The molecule has 4 aromatic rings. The number of thioether (sulfide) groups is 1. The van der Waals surface area contributed by atoms with Crippen LogP contribution >= 0.6 is 23.4 Å². The molecular formula is C27H21ClN2O2S. The first-order valence-corrected chi connectivity index (χ1v) is 11.9. The molecule has 0 unspecified atom stereocenters. The first kappa shape index (κ1) is 21.6. The van der Waals surface area contributed by atoms with Gasteiger partial charge < -0.3 is 4.57 Å². The summed E-state index contributed by atoms with van der Waals surface area (Å²) in [4.78, 5) is 27.4. The highest BCUT2D eigenvalue weighted by atomic mass is 35.5. The number of halogens is 1. The standard InChI is InChI=1S/C27H21ClN2O2S/c1-2-18-10-8-13-22-20(17-29(25(18)22)16-19-9-6-7-14-23(19)28)15-24-26(31)30(27(32)33-24)21-11-4-3-5-12-21/h3-15,17H,2,16H2,1H3/b24-15-. The summed E-state index contributed by atoms with van der Waals surface area (Å²) in [6.45, 7) is 2.75. The molecule has 0 bridgehead atoms. The van der Waals surface area contributed by atoms with Crippen molar-refractivity contribution in [3.05, 3.63) is 106 Å². The third kappa shape index (κ3) is 3.99. The summed E-state index contributed by atoms with van der Waals surface area (Å²) in [5.41, 5.74) is 4.85. The van der Waals surface area contributed by atoms with Crippen LogP contribution in [0.15, 0.2) is 83.9 Å². The molecule has 164 valence electrons. The molecule has 1 aliphatic heterocycles. The van der Waals surface area contributed by atoms with Crippen LogP contribution in [0.5, 0.6) is 0 Å². The lowest BCUT2D eigenvalue weighted by atomic mass is 10.1. The molecule has 5 rings (SSSR count). The average molecular weight is 473 g/mol. The number of aromatic nitrogens is 1. The minimum absolute atomic E-state index is 0.286. The normalized spacial score (nSPS) is 15.2. The molecule has 2 amide bonds. The second-order valence-corrected chi connectivity index (χ2v) is 9.22. The topological polar surface area (TPSA) is 42.3 Å². The Hall–Kier alpha value is -3.28. The summed E-state index contributed by atoms with van der Waals surface area (Å²) in [6, 6.07) is 23.1. The third-order valence-electron chi connectivity index (χ3n) is 5.79. The van der Waals surface area contributed by atoms with Crippen molar-refractivity contribution in [1.29, 1.82) is 0 Å². The summed E-state index contributed by atoms with van der Waals surface area (Å²) in [6.07, 6.45) is 4.76. The SMILES string of the molecule is CCc1cccc2c(/C=C3\SC(=O)N(c4ccccc4)C3=O)cn(Cc3ccccc3Cl)c12. The number of imide groups is 1. The molecule has 33 heavy (non-hydrogen) atoms. The molecule has 1 fully saturated rings. The van der Waals surface area contributed by atoms with Crippen molar-refractivity contribution >= 4 is 57.2 Å². The van der Waals surface area contributed by atoms with Crippen LogP contribution in [0.25, 0.3) is 17.0 Å². The van der Waals surface area contributed by atoms with Gasteiger partial charge in [0, 0.05) is 28.7 Å². The van der Waals surface area contributed by atoms with E-state index in [2.05, 4.69) is 23.6 Å². The van der Waals surface area contributed by atoms with Crippen LogP contribution in [0.4, 0.5) is 10.5 Å². The molecule has 0 aliphatic carbocycles. The molecule has 3 aromatic carbocycles. The Morgan fingerprint density at radius 2 is 1.64 bits per heavy atom. The third-order valence-corrected chi connectivity index (χ3v) is 7.03. The average Bonchev–Trinajstić information content (AvgIpc) is 3.32. The molecule has 2 heterocycles. The number of anilines is 1. The van der Waals surface area contributed by atoms with Gasteiger partial charge in [0.1, 0.15) is 0 Å². The molecule has 1 saturated heterocycles. The second kappa shape index (κ2) is 8.93. The van der Waals surface area contributed by atoms with Gasteiger partial charge in [-0.15, -0.1) is 0 Å². The largest absolute Gasteiger partial charge is 0.342 e. The summed E-state index contributed by atoms with van der Waals surface area (Å²) in [5, 5.41) is 1.48. The van der Waals surface area contributed by atoms with E-state index in [1.807, 2.05) is 60.8 Å². The zero-order valence-corrected chi connectivity index (χ0v) is 19.6. The maximum absolute atomic E-state index is 13.1. The number of benzene rings is 3. The fourth-order valence-electron chi connectivity index (χ4n) is 4.21. The molecule has 4 nitrogen and oxygen atoms in total. The number of rotatable bonds is 5. The number of nitrogens with zero attached hydrogens (tertiary/aromatic N) is 2. The zero-order chi connectivity index (χ0) is 22.9. The predicted octanol–water partition coefficient (Wildman–Crippen LogP) is 7.15. The summed E-state index contributed by atoms with van der Waals surface area (Å²) >= 11 is 7.41. The van der Waals surface area contributed by atoms with E-state index in [1.165, 1.54) is 10.5 Å². The molecule has 0 N–H and O–H groups in total. The van der Waals surface area contributed by atoms with Gasteiger partial charge in [0.2, 0.25) is 0 Å². The van der Waals surface area contributed by atoms with Gasteiger partial charge in [-0.2, -0.15) is 0 Å². The Balaban J connectivity index is 1.59. The molecule has 0 spiro atoms. The van der Waals surface area contributed by atoms with Crippen LogP contribution in [0, 0.1) is 0 Å². The number of carbonyl (C=O) groups excluding carboxylic acids is 2. The minimum atomic E-state index is -0.296. The van der Waals surface area contributed by atoms with E-state index < -0.39 is 0 Å². The molecule has 6 heteroatoms. The highest BCUT2D eigenvalue weighted by Crippen LogP contribution is 2.37.